The highest BCUT2D eigenvalue weighted by atomic mass is 16.1. The molecule has 0 atom stereocenters. The van der Waals surface area contributed by atoms with Gasteiger partial charge in [0.15, 0.2) is 5.82 Å². The van der Waals surface area contributed by atoms with Crippen LogP contribution in [0.15, 0.2) is 30.7 Å². The molecular weight excluding hydrogens is 232 g/mol. The first kappa shape index (κ1) is 12.1. The van der Waals surface area contributed by atoms with Gasteiger partial charge in [-0.15, -0.1) is 0 Å². The Morgan fingerprint density at radius 1 is 1.56 bits per heavy atom. The zero-order chi connectivity index (χ0) is 13.0. The number of carbonyl (C=O) groups excluding carboxylic acids is 1. The van der Waals surface area contributed by atoms with Crippen molar-refractivity contribution in [2.75, 3.05) is 10.7 Å². The van der Waals surface area contributed by atoms with Crippen molar-refractivity contribution in [1.29, 1.82) is 0 Å². The van der Waals surface area contributed by atoms with Crippen molar-refractivity contribution >= 4 is 17.4 Å². The largest absolute Gasteiger partial charge is 0.319 e. The van der Waals surface area contributed by atoms with Crippen LogP contribution in [-0.4, -0.2) is 20.7 Å². The van der Waals surface area contributed by atoms with Crippen LogP contribution in [-0.2, 0) is 6.54 Å². The van der Waals surface area contributed by atoms with Crippen LogP contribution in [0.5, 0.6) is 0 Å². The SMILES string of the molecule is CCn1cc(NC(=O)c2cccnc2NN)cn1. The molecule has 0 spiro atoms. The van der Waals surface area contributed by atoms with E-state index in [4.69, 9.17) is 5.84 Å². The molecule has 94 valence electrons. The maximum atomic E-state index is 12.0. The van der Waals surface area contributed by atoms with E-state index >= 15 is 0 Å². The topological polar surface area (TPSA) is 97.9 Å². The molecule has 0 aromatic carbocycles. The Hall–Kier alpha value is -2.41. The molecule has 2 aromatic rings. The van der Waals surface area contributed by atoms with E-state index in [0.29, 0.717) is 17.1 Å². The van der Waals surface area contributed by atoms with Gasteiger partial charge in [-0.3, -0.25) is 9.48 Å². The van der Waals surface area contributed by atoms with E-state index in [-0.39, 0.29) is 5.91 Å². The molecule has 2 heterocycles. The molecule has 4 N–H and O–H groups in total. The van der Waals surface area contributed by atoms with Crippen LogP contribution in [0.3, 0.4) is 0 Å². The van der Waals surface area contributed by atoms with Crippen LogP contribution in [0.25, 0.3) is 0 Å². The summed E-state index contributed by atoms with van der Waals surface area (Å²) in [6, 6.07) is 3.31. The van der Waals surface area contributed by atoms with Crippen LogP contribution in [0.2, 0.25) is 0 Å². The van der Waals surface area contributed by atoms with Crippen molar-refractivity contribution in [1.82, 2.24) is 14.8 Å². The standard InChI is InChI=1S/C11H14N6O/c1-2-17-7-8(6-14-17)15-11(18)9-4-3-5-13-10(9)16-12/h3-7H,2,12H2,1H3,(H,13,16)(H,15,18). The number of nitrogens with zero attached hydrogens (tertiary/aromatic N) is 3. The number of nitrogens with one attached hydrogen (secondary N) is 2. The van der Waals surface area contributed by atoms with Crippen molar-refractivity contribution in [2.45, 2.75) is 13.5 Å². The number of aromatic nitrogens is 3. The Bertz CT molecular complexity index is 550. The summed E-state index contributed by atoms with van der Waals surface area (Å²) in [6.45, 7) is 2.72. The highest BCUT2D eigenvalue weighted by Crippen LogP contribution is 2.13. The number of hydrogen-bond donors (Lipinski definition) is 3. The molecule has 0 bridgehead atoms. The van der Waals surface area contributed by atoms with Gasteiger partial charge >= 0.3 is 0 Å². The first-order chi connectivity index (χ1) is 8.74. The van der Waals surface area contributed by atoms with Gasteiger partial charge < -0.3 is 10.7 Å². The van der Waals surface area contributed by atoms with E-state index in [1.807, 2.05) is 6.92 Å². The van der Waals surface area contributed by atoms with Gasteiger partial charge in [0.2, 0.25) is 0 Å². The second-order valence-electron chi connectivity index (χ2n) is 3.58. The minimum absolute atomic E-state index is 0.285. The number of aryl methyl sites for hydroxylation is 1. The molecule has 2 rings (SSSR count). The predicted octanol–water partition coefficient (Wildman–Crippen LogP) is 0.836. The smallest absolute Gasteiger partial charge is 0.259 e. The van der Waals surface area contributed by atoms with E-state index in [1.54, 1.807) is 35.4 Å². The number of nitrogens with two attached hydrogens (primary N) is 1. The first-order valence-electron chi connectivity index (χ1n) is 5.50. The zero-order valence-corrected chi connectivity index (χ0v) is 9.92. The fourth-order valence-corrected chi connectivity index (χ4v) is 1.50. The number of carbonyl (C=O) groups is 1. The summed E-state index contributed by atoms with van der Waals surface area (Å²) in [7, 11) is 0. The van der Waals surface area contributed by atoms with Crippen LogP contribution in [0.4, 0.5) is 11.5 Å². The van der Waals surface area contributed by atoms with E-state index in [9.17, 15) is 4.79 Å². The van der Waals surface area contributed by atoms with Crippen molar-refractivity contribution < 1.29 is 4.79 Å². The Morgan fingerprint density at radius 2 is 2.39 bits per heavy atom. The average molecular weight is 246 g/mol. The summed E-state index contributed by atoms with van der Waals surface area (Å²) < 4.78 is 1.72. The number of anilines is 2. The maximum Gasteiger partial charge on any atom is 0.259 e. The summed E-state index contributed by atoms with van der Waals surface area (Å²) in [5, 5.41) is 6.80. The van der Waals surface area contributed by atoms with E-state index in [1.165, 1.54) is 0 Å². The normalized spacial score (nSPS) is 10.1. The Balaban J connectivity index is 2.16. The first-order valence-corrected chi connectivity index (χ1v) is 5.50. The lowest BCUT2D eigenvalue weighted by atomic mass is 10.2. The molecule has 1 amide bonds. The molecule has 0 saturated carbocycles. The molecule has 0 aliphatic rings. The fraction of sp³-hybridized carbons (Fsp3) is 0.182. The van der Waals surface area contributed by atoms with Gasteiger partial charge in [-0.2, -0.15) is 5.10 Å². The van der Waals surface area contributed by atoms with E-state index in [0.717, 1.165) is 6.54 Å². The monoisotopic (exact) mass is 246 g/mol. The third kappa shape index (κ3) is 2.46. The van der Waals surface area contributed by atoms with E-state index < -0.39 is 0 Å². The molecule has 0 saturated heterocycles. The van der Waals surface area contributed by atoms with Gasteiger partial charge in [0.05, 0.1) is 17.4 Å². The Morgan fingerprint density at radius 3 is 3.06 bits per heavy atom. The molecule has 18 heavy (non-hydrogen) atoms. The molecule has 0 aliphatic carbocycles. The van der Waals surface area contributed by atoms with Crippen LogP contribution >= 0.6 is 0 Å². The van der Waals surface area contributed by atoms with Crippen molar-refractivity contribution in [3.8, 4) is 0 Å². The number of hydrogen-bond acceptors (Lipinski definition) is 5. The van der Waals surface area contributed by atoms with Gasteiger partial charge in [0, 0.05) is 18.9 Å². The molecule has 0 fully saturated rings. The minimum Gasteiger partial charge on any atom is -0.319 e. The maximum absolute atomic E-state index is 12.0. The van der Waals surface area contributed by atoms with Crippen molar-refractivity contribution in [3.63, 3.8) is 0 Å². The number of amides is 1. The third-order valence-electron chi connectivity index (χ3n) is 2.40. The number of pyridine rings is 1. The zero-order valence-electron chi connectivity index (χ0n) is 9.92. The summed E-state index contributed by atoms with van der Waals surface area (Å²) >= 11 is 0. The van der Waals surface area contributed by atoms with Gasteiger partial charge in [0.25, 0.3) is 5.91 Å². The summed E-state index contributed by atoms with van der Waals surface area (Å²) in [4.78, 5) is 16.0. The molecule has 0 radical (unpaired) electrons. The molecule has 7 heteroatoms. The lowest BCUT2D eigenvalue weighted by Gasteiger charge is -2.06. The second kappa shape index (κ2) is 5.28. The average Bonchev–Trinajstić information content (AvgIpc) is 2.86. The fourth-order valence-electron chi connectivity index (χ4n) is 1.50. The summed E-state index contributed by atoms with van der Waals surface area (Å²) in [5.74, 6) is 5.34. The van der Waals surface area contributed by atoms with Crippen LogP contribution in [0.1, 0.15) is 17.3 Å². The van der Waals surface area contributed by atoms with Crippen LogP contribution in [0, 0.1) is 0 Å². The molecule has 0 aliphatic heterocycles. The molecular formula is C11H14N6O. The highest BCUT2D eigenvalue weighted by Gasteiger charge is 2.12. The predicted molar refractivity (Wildman–Crippen MR) is 67.9 cm³/mol. The number of nitrogen functional groups attached to an aromatic ring is 1. The molecule has 0 unspecified atom stereocenters. The second-order valence-corrected chi connectivity index (χ2v) is 3.58. The van der Waals surface area contributed by atoms with Gasteiger partial charge in [0.1, 0.15) is 0 Å². The van der Waals surface area contributed by atoms with Crippen LogP contribution < -0.4 is 16.6 Å². The van der Waals surface area contributed by atoms with Crippen molar-refractivity contribution in [3.05, 3.63) is 36.3 Å². The van der Waals surface area contributed by atoms with Gasteiger partial charge in [-0.1, -0.05) is 0 Å². The van der Waals surface area contributed by atoms with Crippen molar-refractivity contribution in [2.24, 2.45) is 5.84 Å². The molecule has 7 nitrogen and oxygen atoms in total. The lowest BCUT2D eigenvalue weighted by Crippen LogP contribution is -2.18. The van der Waals surface area contributed by atoms with E-state index in [2.05, 4.69) is 20.8 Å². The third-order valence-corrected chi connectivity index (χ3v) is 2.40. The summed E-state index contributed by atoms with van der Waals surface area (Å²) in [5.41, 5.74) is 3.40. The summed E-state index contributed by atoms with van der Waals surface area (Å²) in [6.07, 6.45) is 4.90. The molecule has 2 aromatic heterocycles. The van der Waals surface area contributed by atoms with Gasteiger partial charge in [-0.25, -0.2) is 10.8 Å². The van der Waals surface area contributed by atoms with Gasteiger partial charge in [-0.05, 0) is 19.1 Å². The lowest BCUT2D eigenvalue weighted by molar-refractivity contribution is 0.102. The number of rotatable bonds is 4. The minimum atomic E-state index is -0.285. The Kier molecular flexibility index (Phi) is 3.54. The number of hydrazine groups is 1. The quantitative estimate of drug-likeness (QED) is 0.548. The highest BCUT2D eigenvalue weighted by molar-refractivity contribution is 6.07. The Labute approximate surface area is 104 Å².